The molecule has 4 heterocycles. The highest BCUT2D eigenvalue weighted by Crippen LogP contribution is 2.32. The number of amides is 1. The van der Waals surface area contributed by atoms with E-state index in [-0.39, 0.29) is 5.91 Å². The van der Waals surface area contributed by atoms with Gasteiger partial charge in [-0.05, 0) is 11.8 Å². The number of carbonyl (C=O) groups excluding carboxylic acids is 1. The maximum absolute atomic E-state index is 12.5. The van der Waals surface area contributed by atoms with Crippen LogP contribution >= 0.6 is 0 Å². The molecule has 1 amide bonds. The van der Waals surface area contributed by atoms with Crippen LogP contribution in [-0.4, -0.2) is 61.6 Å². The quantitative estimate of drug-likeness (QED) is 0.821. The summed E-state index contributed by atoms with van der Waals surface area (Å²) in [5, 5.41) is 4.22. The standard InChI is InChI=1S/C16H20N6O/c1-20-6-12(4-19-20)7-21-8-13-10-22(11-14(13)9-21)16(23)15-5-17-2-3-18-15/h2-6,13-14H,7-11H2,1H3/t13-,14+. The molecule has 2 atom stereocenters. The molecule has 4 rings (SSSR count). The summed E-state index contributed by atoms with van der Waals surface area (Å²) in [5.74, 6) is 1.13. The monoisotopic (exact) mass is 312 g/mol. The molecule has 0 radical (unpaired) electrons. The van der Waals surface area contributed by atoms with Crippen molar-refractivity contribution in [3.8, 4) is 0 Å². The van der Waals surface area contributed by atoms with Gasteiger partial charge in [-0.3, -0.25) is 19.4 Å². The van der Waals surface area contributed by atoms with Crippen LogP contribution in [0, 0.1) is 11.8 Å². The van der Waals surface area contributed by atoms with Crippen molar-refractivity contribution >= 4 is 5.91 Å². The Labute approximate surface area is 134 Å². The zero-order valence-electron chi connectivity index (χ0n) is 13.2. The van der Waals surface area contributed by atoms with Crippen molar-refractivity contribution in [2.24, 2.45) is 18.9 Å². The van der Waals surface area contributed by atoms with Gasteiger partial charge in [-0.15, -0.1) is 0 Å². The molecule has 0 unspecified atom stereocenters. The highest BCUT2D eigenvalue weighted by molar-refractivity contribution is 5.92. The SMILES string of the molecule is Cn1cc(CN2C[C@@H]3CN(C(=O)c4cnccn4)C[C@@H]3C2)cn1. The van der Waals surface area contributed by atoms with E-state index in [1.807, 2.05) is 22.8 Å². The Morgan fingerprint density at radius 1 is 1.17 bits per heavy atom. The van der Waals surface area contributed by atoms with Crippen LogP contribution in [0.25, 0.3) is 0 Å². The van der Waals surface area contributed by atoms with Crippen LogP contribution < -0.4 is 0 Å². The number of hydrogen-bond acceptors (Lipinski definition) is 5. The van der Waals surface area contributed by atoms with E-state index in [9.17, 15) is 4.79 Å². The van der Waals surface area contributed by atoms with Crippen LogP contribution in [0.4, 0.5) is 0 Å². The maximum Gasteiger partial charge on any atom is 0.274 e. The molecule has 0 aliphatic carbocycles. The lowest BCUT2D eigenvalue weighted by Crippen LogP contribution is -2.33. The Balaban J connectivity index is 1.36. The molecule has 2 aromatic rings. The number of hydrogen-bond donors (Lipinski definition) is 0. The molecule has 0 saturated carbocycles. The zero-order valence-corrected chi connectivity index (χ0v) is 13.2. The van der Waals surface area contributed by atoms with Crippen LogP contribution in [0.5, 0.6) is 0 Å². The average molecular weight is 312 g/mol. The fourth-order valence-corrected chi connectivity index (χ4v) is 3.77. The summed E-state index contributed by atoms with van der Waals surface area (Å²) >= 11 is 0. The number of fused-ring (bicyclic) bond motifs is 1. The van der Waals surface area contributed by atoms with Gasteiger partial charge in [-0.2, -0.15) is 5.10 Å². The van der Waals surface area contributed by atoms with Gasteiger partial charge >= 0.3 is 0 Å². The second kappa shape index (κ2) is 5.73. The van der Waals surface area contributed by atoms with Crippen LogP contribution in [0.1, 0.15) is 16.1 Å². The molecule has 0 spiro atoms. The predicted octanol–water partition coefficient (Wildman–Crippen LogP) is 0.414. The lowest BCUT2D eigenvalue weighted by molar-refractivity contribution is 0.0767. The molecule has 7 nitrogen and oxygen atoms in total. The van der Waals surface area contributed by atoms with Crippen molar-refractivity contribution in [1.29, 1.82) is 0 Å². The molecule has 120 valence electrons. The molecule has 0 N–H and O–H groups in total. The third-order valence-corrected chi connectivity index (χ3v) is 4.80. The Kier molecular flexibility index (Phi) is 3.57. The highest BCUT2D eigenvalue weighted by Gasteiger charge is 2.41. The fourth-order valence-electron chi connectivity index (χ4n) is 3.77. The number of carbonyl (C=O) groups is 1. The molecule has 2 fully saturated rings. The summed E-state index contributed by atoms with van der Waals surface area (Å²) in [4.78, 5) is 25.0. The minimum Gasteiger partial charge on any atom is -0.337 e. The first-order valence-corrected chi connectivity index (χ1v) is 7.94. The van der Waals surface area contributed by atoms with Gasteiger partial charge in [-0.25, -0.2) is 4.98 Å². The smallest absolute Gasteiger partial charge is 0.274 e. The number of nitrogens with zero attached hydrogens (tertiary/aromatic N) is 6. The molecule has 0 aromatic carbocycles. The Morgan fingerprint density at radius 3 is 2.57 bits per heavy atom. The van der Waals surface area contributed by atoms with Crippen LogP contribution in [0.3, 0.4) is 0 Å². The van der Waals surface area contributed by atoms with Crippen molar-refractivity contribution in [2.75, 3.05) is 26.2 Å². The van der Waals surface area contributed by atoms with Gasteiger partial charge in [0.25, 0.3) is 5.91 Å². The van der Waals surface area contributed by atoms with Crippen LogP contribution in [0.15, 0.2) is 31.0 Å². The predicted molar refractivity (Wildman–Crippen MR) is 83.4 cm³/mol. The van der Waals surface area contributed by atoms with E-state index in [0.29, 0.717) is 17.5 Å². The third kappa shape index (κ3) is 2.84. The Morgan fingerprint density at radius 2 is 1.96 bits per heavy atom. The van der Waals surface area contributed by atoms with E-state index in [4.69, 9.17) is 0 Å². The first-order valence-electron chi connectivity index (χ1n) is 7.94. The van der Waals surface area contributed by atoms with Crippen molar-refractivity contribution in [3.63, 3.8) is 0 Å². The van der Waals surface area contributed by atoms with Crippen molar-refractivity contribution < 1.29 is 4.79 Å². The van der Waals surface area contributed by atoms with Gasteiger partial charge in [0, 0.05) is 63.9 Å². The summed E-state index contributed by atoms with van der Waals surface area (Å²) < 4.78 is 1.84. The van der Waals surface area contributed by atoms with Crippen LogP contribution in [-0.2, 0) is 13.6 Å². The van der Waals surface area contributed by atoms with E-state index in [1.165, 1.54) is 5.56 Å². The summed E-state index contributed by atoms with van der Waals surface area (Å²) in [6, 6.07) is 0. The van der Waals surface area contributed by atoms with Crippen molar-refractivity contribution in [2.45, 2.75) is 6.54 Å². The number of rotatable bonds is 3. The van der Waals surface area contributed by atoms with Gasteiger partial charge in [0.1, 0.15) is 5.69 Å². The molecule has 2 aromatic heterocycles. The lowest BCUT2D eigenvalue weighted by Gasteiger charge is -2.20. The molecular weight excluding hydrogens is 292 g/mol. The minimum absolute atomic E-state index is 0.00584. The Bertz CT molecular complexity index is 686. The summed E-state index contributed by atoms with van der Waals surface area (Å²) in [6.45, 7) is 4.68. The number of likely N-dealkylation sites (tertiary alicyclic amines) is 2. The second-order valence-electron chi connectivity index (χ2n) is 6.54. The molecule has 2 aliphatic rings. The van der Waals surface area contributed by atoms with Gasteiger partial charge < -0.3 is 4.90 Å². The molecule has 0 bridgehead atoms. The first kappa shape index (κ1) is 14.3. The van der Waals surface area contributed by atoms with Gasteiger partial charge in [0.15, 0.2) is 0 Å². The van der Waals surface area contributed by atoms with E-state index in [2.05, 4.69) is 26.2 Å². The molecule has 23 heavy (non-hydrogen) atoms. The molecule has 2 saturated heterocycles. The number of aryl methyl sites for hydroxylation is 1. The maximum atomic E-state index is 12.5. The van der Waals surface area contributed by atoms with Crippen molar-refractivity contribution in [1.82, 2.24) is 29.5 Å². The van der Waals surface area contributed by atoms with E-state index in [0.717, 1.165) is 32.7 Å². The topological polar surface area (TPSA) is 67.2 Å². The van der Waals surface area contributed by atoms with E-state index >= 15 is 0 Å². The molecule has 2 aliphatic heterocycles. The van der Waals surface area contributed by atoms with Gasteiger partial charge in [0.05, 0.1) is 12.4 Å². The molecule has 7 heteroatoms. The van der Waals surface area contributed by atoms with Crippen molar-refractivity contribution in [3.05, 3.63) is 42.2 Å². The Hall–Kier alpha value is -2.28. The normalized spacial score (nSPS) is 24.1. The van der Waals surface area contributed by atoms with E-state index in [1.54, 1.807) is 18.6 Å². The second-order valence-corrected chi connectivity index (χ2v) is 6.54. The molecular formula is C16H20N6O. The zero-order chi connectivity index (χ0) is 15.8. The fraction of sp³-hybridized carbons (Fsp3) is 0.500. The van der Waals surface area contributed by atoms with Gasteiger partial charge in [-0.1, -0.05) is 0 Å². The van der Waals surface area contributed by atoms with Crippen LogP contribution in [0.2, 0.25) is 0 Å². The first-order chi connectivity index (χ1) is 11.2. The largest absolute Gasteiger partial charge is 0.337 e. The van der Waals surface area contributed by atoms with E-state index < -0.39 is 0 Å². The third-order valence-electron chi connectivity index (χ3n) is 4.80. The highest BCUT2D eigenvalue weighted by atomic mass is 16.2. The summed E-state index contributed by atoms with van der Waals surface area (Å²) in [6.07, 6.45) is 8.70. The summed E-state index contributed by atoms with van der Waals surface area (Å²) in [5.41, 5.74) is 1.69. The number of aromatic nitrogens is 4. The van der Waals surface area contributed by atoms with Gasteiger partial charge in [0.2, 0.25) is 0 Å². The summed E-state index contributed by atoms with van der Waals surface area (Å²) in [7, 11) is 1.94. The lowest BCUT2D eigenvalue weighted by atomic mass is 10.0. The average Bonchev–Trinajstić information content (AvgIpc) is 3.22. The minimum atomic E-state index is 0.00584.